The molecule has 0 radical (unpaired) electrons. The van der Waals surface area contributed by atoms with Gasteiger partial charge in [-0.3, -0.25) is 4.18 Å². The molecule has 3 rings (SSSR count). The summed E-state index contributed by atoms with van der Waals surface area (Å²) in [5.41, 5.74) is 0. The van der Waals surface area contributed by atoms with Gasteiger partial charge in [0.1, 0.15) is 4.90 Å². The highest BCUT2D eigenvalue weighted by atomic mass is 32.2. The molecule has 1 aliphatic carbocycles. The van der Waals surface area contributed by atoms with E-state index in [1.165, 1.54) is 6.42 Å². The third kappa shape index (κ3) is 2.72. The summed E-state index contributed by atoms with van der Waals surface area (Å²) in [6, 6.07) is 12.8. The molecular weight excluding hydrogens is 272 g/mol. The predicted molar refractivity (Wildman–Crippen MR) is 79.1 cm³/mol. The lowest BCUT2D eigenvalue weighted by molar-refractivity contribution is 0.162. The van der Waals surface area contributed by atoms with Gasteiger partial charge in [-0.2, -0.15) is 8.42 Å². The molecule has 0 aromatic heterocycles. The fraction of sp³-hybridized carbons (Fsp3) is 0.375. The topological polar surface area (TPSA) is 43.4 Å². The highest BCUT2D eigenvalue weighted by molar-refractivity contribution is 7.87. The lowest BCUT2D eigenvalue weighted by Gasteiger charge is -2.21. The van der Waals surface area contributed by atoms with Gasteiger partial charge in [0.2, 0.25) is 0 Å². The molecule has 4 heteroatoms. The summed E-state index contributed by atoms with van der Waals surface area (Å²) >= 11 is 0. The molecule has 2 aromatic carbocycles. The van der Waals surface area contributed by atoms with Crippen LogP contribution in [0.25, 0.3) is 10.8 Å². The fourth-order valence-corrected chi connectivity index (χ4v) is 4.16. The number of hydrogen-bond acceptors (Lipinski definition) is 3. The van der Waals surface area contributed by atoms with Crippen molar-refractivity contribution in [3.63, 3.8) is 0 Å². The van der Waals surface area contributed by atoms with Crippen molar-refractivity contribution in [3.8, 4) is 0 Å². The summed E-state index contributed by atoms with van der Waals surface area (Å²) in [5.74, 6) is 0. The Labute approximate surface area is 119 Å². The Kier molecular flexibility index (Phi) is 3.76. The molecule has 1 fully saturated rings. The Hall–Kier alpha value is -1.39. The lowest BCUT2D eigenvalue weighted by Crippen LogP contribution is -2.21. The first kappa shape index (κ1) is 13.6. The smallest absolute Gasteiger partial charge is 0.263 e. The van der Waals surface area contributed by atoms with E-state index in [1.54, 1.807) is 12.1 Å². The minimum absolute atomic E-state index is 0.160. The average molecular weight is 290 g/mol. The van der Waals surface area contributed by atoms with Gasteiger partial charge >= 0.3 is 0 Å². The molecule has 1 saturated carbocycles. The van der Waals surface area contributed by atoms with Gasteiger partial charge in [0.15, 0.2) is 0 Å². The highest BCUT2D eigenvalue weighted by Crippen LogP contribution is 2.28. The van der Waals surface area contributed by atoms with E-state index < -0.39 is 10.1 Å². The molecule has 0 atom stereocenters. The molecule has 2 aromatic rings. The average Bonchev–Trinajstić information content (AvgIpc) is 2.47. The molecule has 0 aliphatic heterocycles. The van der Waals surface area contributed by atoms with Crippen LogP contribution in [0.15, 0.2) is 47.4 Å². The minimum atomic E-state index is -3.69. The van der Waals surface area contributed by atoms with Crippen LogP contribution in [0.1, 0.15) is 32.1 Å². The van der Waals surface area contributed by atoms with Crippen LogP contribution in [-0.4, -0.2) is 14.5 Å². The van der Waals surface area contributed by atoms with E-state index in [0.29, 0.717) is 0 Å². The van der Waals surface area contributed by atoms with Gasteiger partial charge in [-0.05, 0) is 24.3 Å². The summed E-state index contributed by atoms with van der Waals surface area (Å²) in [4.78, 5) is 0.279. The van der Waals surface area contributed by atoms with Gasteiger partial charge in [0.25, 0.3) is 10.1 Å². The van der Waals surface area contributed by atoms with E-state index in [4.69, 9.17) is 4.18 Å². The Morgan fingerprint density at radius 3 is 2.40 bits per heavy atom. The van der Waals surface area contributed by atoms with Crippen LogP contribution in [0, 0.1) is 0 Å². The standard InChI is InChI=1S/C16H18O3S/c17-20(18,19-14-9-2-1-3-10-14)16-12-6-8-13-7-4-5-11-15(13)16/h4-8,11-12,14H,1-3,9-10H2. The first-order chi connectivity index (χ1) is 9.67. The van der Waals surface area contributed by atoms with E-state index in [1.807, 2.05) is 30.3 Å². The highest BCUT2D eigenvalue weighted by Gasteiger charge is 2.24. The normalized spacial score (nSPS) is 17.4. The maximum Gasteiger partial charge on any atom is 0.297 e. The lowest BCUT2D eigenvalue weighted by atomic mass is 9.98. The second-order valence-corrected chi connectivity index (χ2v) is 6.83. The van der Waals surface area contributed by atoms with Crippen LogP contribution in [0.2, 0.25) is 0 Å². The molecule has 3 nitrogen and oxygen atoms in total. The van der Waals surface area contributed by atoms with Crippen molar-refractivity contribution in [1.82, 2.24) is 0 Å². The summed E-state index contributed by atoms with van der Waals surface area (Å²) < 4.78 is 30.4. The SMILES string of the molecule is O=S(=O)(OC1CCCCC1)c1cccc2ccccc12. The molecule has 0 amide bonds. The summed E-state index contributed by atoms with van der Waals surface area (Å²) in [6.45, 7) is 0. The number of hydrogen-bond donors (Lipinski definition) is 0. The molecule has 1 aliphatic rings. The monoisotopic (exact) mass is 290 g/mol. The molecule has 0 spiro atoms. The zero-order valence-corrected chi connectivity index (χ0v) is 12.1. The molecule has 0 bridgehead atoms. The Morgan fingerprint density at radius 2 is 1.60 bits per heavy atom. The third-order valence-electron chi connectivity index (χ3n) is 3.83. The summed E-state index contributed by atoms with van der Waals surface area (Å²) in [7, 11) is -3.69. The molecule has 106 valence electrons. The maximum atomic E-state index is 12.5. The second kappa shape index (κ2) is 5.54. The second-order valence-electron chi connectivity index (χ2n) is 5.29. The Morgan fingerprint density at radius 1 is 0.900 bits per heavy atom. The van der Waals surface area contributed by atoms with Gasteiger partial charge in [-0.1, -0.05) is 55.7 Å². The van der Waals surface area contributed by atoms with Crippen LogP contribution in [0.4, 0.5) is 0 Å². The van der Waals surface area contributed by atoms with Crippen LogP contribution >= 0.6 is 0 Å². The van der Waals surface area contributed by atoms with Gasteiger partial charge in [-0.15, -0.1) is 0 Å². The van der Waals surface area contributed by atoms with Gasteiger partial charge in [-0.25, -0.2) is 0 Å². The van der Waals surface area contributed by atoms with Gasteiger partial charge in [0.05, 0.1) is 6.10 Å². The molecule has 0 saturated heterocycles. The van der Waals surface area contributed by atoms with Crippen LogP contribution in [0.5, 0.6) is 0 Å². The van der Waals surface area contributed by atoms with Crippen molar-refractivity contribution >= 4 is 20.9 Å². The van der Waals surface area contributed by atoms with Crippen molar-refractivity contribution < 1.29 is 12.6 Å². The van der Waals surface area contributed by atoms with E-state index in [9.17, 15) is 8.42 Å². The first-order valence-corrected chi connectivity index (χ1v) is 8.49. The van der Waals surface area contributed by atoms with Crippen molar-refractivity contribution in [2.45, 2.75) is 43.1 Å². The first-order valence-electron chi connectivity index (χ1n) is 7.08. The molecule has 20 heavy (non-hydrogen) atoms. The van der Waals surface area contributed by atoms with Gasteiger partial charge < -0.3 is 0 Å². The van der Waals surface area contributed by atoms with E-state index in [-0.39, 0.29) is 11.0 Å². The zero-order chi connectivity index (χ0) is 14.0. The number of rotatable bonds is 3. The van der Waals surface area contributed by atoms with E-state index >= 15 is 0 Å². The molecule has 0 unspecified atom stereocenters. The third-order valence-corrected chi connectivity index (χ3v) is 5.25. The van der Waals surface area contributed by atoms with E-state index in [0.717, 1.165) is 36.5 Å². The molecule has 0 N–H and O–H groups in total. The zero-order valence-electron chi connectivity index (χ0n) is 11.3. The number of benzene rings is 2. The number of fused-ring (bicyclic) bond motifs is 1. The van der Waals surface area contributed by atoms with Crippen LogP contribution in [0.3, 0.4) is 0 Å². The fourth-order valence-electron chi connectivity index (χ4n) is 2.81. The molecular formula is C16H18O3S. The Bertz CT molecular complexity index is 695. The van der Waals surface area contributed by atoms with Crippen LogP contribution in [-0.2, 0) is 14.3 Å². The quantitative estimate of drug-likeness (QED) is 0.806. The van der Waals surface area contributed by atoms with Crippen molar-refractivity contribution in [2.75, 3.05) is 0 Å². The van der Waals surface area contributed by atoms with Crippen molar-refractivity contribution in [1.29, 1.82) is 0 Å². The van der Waals surface area contributed by atoms with Gasteiger partial charge in [0, 0.05) is 5.39 Å². The largest absolute Gasteiger partial charge is 0.297 e. The predicted octanol–water partition coefficient (Wildman–Crippen LogP) is 3.88. The van der Waals surface area contributed by atoms with Crippen molar-refractivity contribution in [2.24, 2.45) is 0 Å². The maximum absolute atomic E-state index is 12.5. The minimum Gasteiger partial charge on any atom is -0.263 e. The Balaban J connectivity index is 1.96. The van der Waals surface area contributed by atoms with Crippen LogP contribution < -0.4 is 0 Å². The summed E-state index contributed by atoms with van der Waals surface area (Å²) in [6.07, 6.45) is 4.79. The van der Waals surface area contributed by atoms with Crippen molar-refractivity contribution in [3.05, 3.63) is 42.5 Å². The molecule has 0 heterocycles. The summed E-state index contributed by atoms with van der Waals surface area (Å²) in [5, 5.41) is 1.65. The van der Waals surface area contributed by atoms with E-state index in [2.05, 4.69) is 0 Å².